The van der Waals surface area contributed by atoms with Gasteiger partial charge in [0.1, 0.15) is 18.1 Å². The van der Waals surface area contributed by atoms with E-state index in [2.05, 4.69) is 20.9 Å². The number of carboxylic acid groups (broad SMARTS) is 2. The van der Waals surface area contributed by atoms with Crippen molar-refractivity contribution in [2.45, 2.75) is 50.4 Å². The van der Waals surface area contributed by atoms with E-state index in [-0.39, 0.29) is 12.8 Å². The summed E-state index contributed by atoms with van der Waals surface area (Å²) in [6, 6.07) is 2.60. The number of carboxylic acids is 2. The number of aromatic nitrogens is 1. The minimum absolute atomic E-state index is 0.0512. The van der Waals surface area contributed by atoms with Crippen LogP contribution in [0.5, 0.6) is 0 Å². The van der Waals surface area contributed by atoms with Crippen molar-refractivity contribution in [3.05, 3.63) is 36.0 Å². The fourth-order valence-corrected chi connectivity index (χ4v) is 3.93. The number of hydrogen-bond donors (Lipinski definition) is 7. The number of carbonyl (C=O) groups excluding carboxylic acids is 3. The third-order valence-corrected chi connectivity index (χ3v) is 6.08. The van der Waals surface area contributed by atoms with Crippen LogP contribution in [0.4, 0.5) is 0 Å². The zero-order valence-electron chi connectivity index (χ0n) is 19.9. The number of aliphatic carboxylic acids is 2. The second-order valence-corrected chi connectivity index (χ2v) is 9.23. The highest BCUT2D eigenvalue weighted by Crippen LogP contribution is 2.19. The lowest BCUT2D eigenvalue weighted by Crippen LogP contribution is -2.57. The van der Waals surface area contributed by atoms with Crippen LogP contribution in [0, 0.1) is 0 Å². The molecule has 0 aliphatic carbocycles. The smallest absolute Gasteiger partial charge is 0.326 e. The van der Waals surface area contributed by atoms with E-state index in [1.807, 2.05) is 30.5 Å². The van der Waals surface area contributed by atoms with Gasteiger partial charge in [0, 0.05) is 23.5 Å². The SMILES string of the molecule is CSCCC(NC(=O)C(Cc1c[nH]c2ccccc12)NC(=O)C(C)NC(=O)C(N)CC(=O)O)C(=O)O. The Bertz CT molecular complexity index is 1110. The molecule has 0 saturated carbocycles. The monoisotopic (exact) mass is 521 g/mol. The van der Waals surface area contributed by atoms with E-state index in [4.69, 9.17) is 10.8 Å². The van der Waals surface area contributed by atoms with Crippen LogP contribution < -0.4 is 21.7 Å². The van der Waals surface area contributed by atoms with Crippen LogP contribution in [-0.4, -0.2) is 81.0 Å². The van der Waals surface area contributed by atoms with Gasteiger partial charge < -0.3 is 36.9 Å². The highest BCUT2D eigenvalue weighted by molar-refractivity contribution is 7.98. The molecular formula is C23H31N5O7S. The van der Waals surface area contributed by atoms with Gasteiger partial charge in [-0.15, -0.1) is 0 Å². The van der Waals surface area contributed by atoms with Gasteiger partial charge in [0.2, 0.25) is 17.7 Å². The molecule has 0 bridgehead atoms. The third-order valence-electron chi connectivity index (χ3n) is 5.44. The number of amides is 3. The molecule has 0 spiro atoms. The second-order valence-electron chi connectivity index (χ2n) is 8.24. The van der Waals surface area contributed by atoms with Crippen LogP contribution in [0.1, 0.15) is 25.3 Å². The number of nitrogens with two attached hydrogens (primary N) is 1. The molecule has 4 unspecified atom stereocenters. The first-order valence-electron chi connectivity index (χ1n) is 11.2. The number of para-hydroxylation sites is 1. The number of aromatic amines is 1. The first kappa shape index (κ1) is 28.7. The van der Waals surface area contributed by atoms with Crippen molar-refractivity contribution in [3.8, 4) is 0 Å². The average molecular weight is 522 g/mol. The first-order valence-corrected chi connectivity index (χ1v) is 12.6. The zero-order valence-corrected chi connectivity index (χ0v) is 20.8. The lowest BCUT2D eigenvalue weighted by molar-refractivity contribution is -0.142. The number of nitrogens with one attached hydrogen (secondary N) is 4. The van der Waals surface area contributed by atoms with E-state index in [9.17, 15) is 29.1 Å². The Morgan fingerprint density at radius 1 is 1.00 bits per heavy atom. The Labute approximate surface area is 211 Å². The van der Waals surface area contributed by atoms with Crippen LogP contribution in [-0.2, 0) is 30.4 Å². The summed E-state index contributed by atoms with van der Waals surface area (Å²) in [5.74, 6) is -4.19. The molecule has 0 aliphatic rings. The molecule has 4 atom stereocenters. The maximum absolute atomic E-state index is 13.1. The summed E-state index contributed by atoms with van der Waals surface area (Å²) >= 11 is 1.44. The highest BCUT2D eigenvalue weighted by atomic mass is 32.2. The van der Waals surface area contributed by atoms with E-state index in [0.717, 1.165) is 16.5 Å². The maximum atomic E-state index is 13.1. The molecule has 0 radical (unpaired) electrons. The molecule has 2 rings (SSSR count). The highest BCUT2D eigenvalue weighted by Gasteiger charge is 2.29. The average Bonchev–Trinajstić information content (AvgIpc) is 3.23. The number of rotatable bonds is 14. The summed E-state index contributed by atoms with van der Waals surface area (Å²) in [5, 5.41) is 26.5. The Morgan fingerprint density at radius 2 is 1.67 bits per heavy atom. The summed E-state index contributed by atoms with van der Waals surface area (Å²) < 4.78 is 0. The second kappa shape index (κ2) is 13.5. The normalized spacial score (nSPS) is 14.3. The molecule has 0 fully saturated rings. The summed E-state index contributed by atoms with van der Waals surface area (Å²) in [7, 11) is 0. The van der Waals surface area contributed by atoms with Crippen molar-refractivity contribution in [3.63, 3.8) is 0 Å². The molecule has 0 aliphatic heterocycles. The summed E-state index contributed by atoms with van der Waals surface area (Å²) in [6.07, 6.45) is 3.16. The Kier molecular flexibility index (Phi) is 10.7. The van der Waals surface area contributed by atoms with Crippen LogP contribution in [0.2, 0.25) is 0 Å². The topological polar surface area (TPSA) is 204 Å². The molecule has 12 nitrogen and oxygen atoms in total. The van der Waals surface area contributed by atoms with Crippen molar-refractivity contribution < 1.29 is 34.2 Å². The molecule has 1 aromatic heterocycles. The molecule has 196 valence electrons. The van der Waals surface area contributed by atoms with Crippen LogP contribution in [0.15, 0.2) is 30.5 Å². The molecule has 0 saturated heterocycles. The van der Waals surface area contributed by atoms with E-state index in [0.29, 0.717) is 5.75 Å². The number of hydrogen-bond acceptors (Lipinski definition) is 7. The lowest BCUT2D eigenvalue weighted by Gasteiger charge is -2.23. The molecule has 36 heavy (non-hydrogen) atoms. The summed E-state index contributed by atoms with van der Waals surface area (Å²) in [5.41, 5.74) is 7.09. The number of benzene rings is 1. The van der Waals surface area contributed by atoms with Crippen LogP contribution >= 0.6 is 11.8 Å². The Morgan fingerprint density at radius 3 is 2.31 bits per heavy atom. The largest absolute Gasteiger partial charge is 0.481 e. The summed E-state index contributed by atoms with van der Waals surface area (Å²) in [6.45, 7) is 1.36. The van der Waals surface area contributed by atoms with Crippen molar-refractivity contribution in [2.24, 2.45) is 5.73 Å². The molecule has 1 aromatic carbocycles. The van der Waals surface area contributed by atoms with Gasteiger partial charge in [-0.05, 0) is 37.0 Å². The number of fused-ring (bicyclic) bond motifs is 1. The lowest BCUT2D eigenvalue weighted by atomic mass is 10.0. The Hall–Kier alpha value is -3.58. The van der Waals surface area contributed by atoms with E-state index >= 15 is 0 Å². The van der Waals surface area contributed by atoms with Gasteiger partial charge in [-0.2, -0.15) is 11.8 Å². The minimum Gasteiger partial charge on any atom is -0.481 e. The predicted molar refractivity (Wildman–Crippen MR) is 134 cm³/mol. The predicted octanol–water partition coefficient (Wildman–Crippen LogP) is -0.176. The van der Waals surface area contributed by atoms with E-state index in [1.165, 1.54) is 18.7 Å². The van der Waals surface area contributed by atoms with E-state index in [1.54, 1.807) is 6.20 Å². The standard InChI is InChI=1S/C23H31N5O7S/c1-12(26-21(32)15(24)10-19(29)30)20(31)28-18(22(33)27-17(23(34)35)7-8-36-2)9-13-11-25-16-6-4-3-5-14(13)16/h3-6,11-12,15,17-18,25H,7-10,24H2,1-2H3,(H,26,32)(H,27,33)(H,28,31)(H,29,30)(H,34,35). The molecule has 13 heteroatoms. The maximum Gasteiger partial charge on any atom is 0.326 e. The van der Waals surface area contributed by atoms with Gasteiger partial charge in [-0.25, -0.2) is 4.79 Å². The molecule has 8 N–H and O–H groups in total. The fourth-order valence-electron chi connectivity index (χ4n) is 3.46. The molecule has 1 heterocycles. The van der Waals surface area contributed by atoms with E-state index < -0.39 is 60.2 Å². The van der Waals surface area contributed by atoms with Crippen molar-refractivity contribution in [1.82, 2.24) is 20.9 Å². The van der Waals surface area contributed by atoms with Gasteiger partial charge in [0.25, 0.3) is 0 Å². The fraction of sp³-hybridized carbons (Fsp3) is 0.435. The molecule has 3 amide bonds. The third kappa shape index (κ3) is 8.27. The quantitative estimate of drug-likeness (QED) is 0.176. The van der Waals surface area contributed by atoms with Gasteiger partial charge in [-0.3, -0.25) is 19.2 Å². The number of carbonyl (C=O) groups is 5. The van der Waals surface area contributed by atoms with Gasteiger partial charge >= 0.3 is 11.9 Å². The van der Waals surface area contributed by atoms with Crippen LogP contribution in [0.25, 0.3) is 10.9 Å². The molecular weight excluding hydrogens is 490 g/mol. The Balaban J connectivity index is 2.20. The molecule has 2 aromatic rings. The van der Waals surface area contributed by atoms with Gasteiger partial charge in [0.05, 0.1) is 12.5 Å². The van der Waals surface area contributed by atoms with Gasteiger partial charge in [0.15, 0.2) is 0 Å². The van der Waals surface area contributed by atoms with Crippen molar-refractivity contribution >= 4 is 52.3 Å². The zero-order chi connectivity index (χ0) is 26.8. The van der Waals surface area contributed by atoms with Crippen molar-refractivity contribution in [1.29, 1.82) is 0 Å². The van der Waals surface area contributed by atoms with Crippen LogP contribution in [0.3, 0.4) is 0 Å². The summed E-state index contributed by atoms with van der Waals surface area (Å²) in [4.78, 5) is 63.5. The van der Waals surface area contributed by atoms with Gasteiger partial charge in [-0.1, -0.05) is 18.2 Å². The number of thioether (sulfide) groups is 1. The minimum atomic E-state index is -1.35. The first-order chi connectivity index (χ1) is 17.0. The number of H-pyrrole nitrogens is 1. The van der Waals surface area contributed by atoms with Crippen molar-refractivity contribution in [2.75, 3.05) is 12.0 Å².